The van der Waals surface area contributed by atoms with E-state index in [4.69, 9.17) is 22.1 Å². The number of carbonyl (C=O) groups excluding carboxylic acids is 1. The first kappa shape index (κ1) is 15.0. The highest BCUT2D eigenvalue weighted by Crippen LogP contribution is 2.29. The molecular weight excluding hydrogens is 272 g/mol. The lowest BCUT2D eigenvalue weighted by Gasteiger charge is -2.13. The van der Waals surface area contributed by atoms with Gasteiger partial charge in [0.1, 0.15) is 0 Å². The van der Waals surface area contributed by atoms with E-state index in [1.165, 1.54) is 0 Å². The lowest BCUT2D eigenvalue weighted by molar-refractivity contribution is 0.0527. The summed E-state index contributed by atoms with van der Waals surface area (Å²) >= 11 is 7.81. The molecule has 0 heterocycles. The third kappa shape index (κ3) is 3.99. The van der Waals surface area contributed by atoms with Crippen molar-refractivity contribution in [3.05, 3.63) is 22.7 Å². The number of hydrogen-bond acceptors (Lipinski definition) is 5. The van der Waals surface area contributed by atoms with Crippen molar-refractivity contribution in [2.24, 2.45) is 0 Å². The molecule has 0 unspecified atom stereocenters. The number of anilines is 2. The maximum atomic E-state index is 11.8. The van der Waals surface area contributed by atoms with E-state index >= 15 is 0 Å². The Kier molecular flexibility index (Phi) is 6.15. The molecule has 0 aliphatic carbocycles. The second kappa shape index (κ2) is 7.38. The van der Waals surface area contributed by atoms with Gasteiger partial charge in [0.15, 0.2) is 0 Å². The second-order valence-electron chi connectivity index (χ2n) is 3.57. The molecule has 0 aliphatic rings. The Morgan fingerprint density at radius 2 is 2.28 bits per heavy atom. The van der Waals surface area contributed by atoms with Crippen molar-refractivity contribution < 1.29 is 9.53 Å². The summed E-state index contributed by atoms with van der Waals surface area (Å²) in [6.07, 6.45) is 2.01. The Balaban J connectivity index is 3.00. The van der Waals surface area contributed by atoms with Gasteiger partial charge in [-0.3, -0.25) is 0 Å². The van der Waals surface area contributed by atoms with Crippen molar-refractivity contribution >= 4 is 40.7 Å². The zero-order chi connectivity index (χ0) is 13.5. The Morgan fingerprint density at radius 1 is 1.56 bits per heavy atom. The van der Waals surface area contributed by atoms with E-state index in [0.717, 1.165) is 12.3 Å². The summed E-state index contributed by atoms with van der Waals surface area (Å²) in [5.41, 5.74) is 7.10. The highest BCUT2D eigenvalue weighted by Gasteiger charge is 2.16. The predicted octanol–water partition coefficient (Wildman–Crippen LogP) is 2.87. The Bertz CT molecular complexity index is 427. The second-order valence-corrected chi connectivity index (χ2v) is 4.96. The molecule has 1 aromatic rings. The Morgan fingerprint density at radius 3 is 2.89 bits per heavy atom. The van der Waals surface area contributed by atoms with Crippen LogP contribution < -0.4 is 11.1 Å². The fourth-order valence-corrected chi connectivity index (χ4v) is 2.06. The molecular formula is C12H17ClN2O2S. The predicted molar refractivity (Wildman–Crippen MR) is 78.7 cm³/mol. The van der Waals surface area contributed by atoms with Crippen LogP contribution in [-0.4, -0.2) is 31.1 Å². The maximum absolute atomic E-state index is 11.8. The van der Waals surface area contributed by atoms with Crippen LogP contribution in [0.15, 0.2) is 12.1 Å². The van der Waals surface area contributed by atoms with Crippen molar-refractivity contribution in [2.45, 2.75) is 6.92 Å². The van der Waals surface area contributed by atoms with Gasteiger partial charge in [0.05, 0.1) is 22.9 Å². The van der Waals surface area contributed by atoms with Crippen LogP contribution in [0.5, 0.6) is 0 Å². The van der Waals surface area contributed by atoms with Crippen LogP contribution in [0.4, 0.5) is 11.4 Å². The maximum Gasteiger partial charge on any atom is 0.340 e. The molecule has 0 fully saturated rings. The van der Waals surface area contributed by atoms with Crippen LogP contribution in [0.1, 0.15) is 17.3 Å². The van der Waals surface area contributed by atoms with Gasteiger partial charge in [-0.25, -0.2) is 4.79 Å². The van der Waals surface area contributed by atoms with Gasteiger partial charge in [0, 0.05) is 18.0 Å². The number of ether oxygens (including phenoxy) is 1. The number of thioether (sulfide) groups is 1. The molecule has 100 valence electrons. The van der Waals surface area contributed by atoms with E-state index in [9.17, 15) is 4.79 Å². The number of rotatable bonds is 6. The number of esters is 1. The van der Waals surface area contributed by atoms with Crippen molar-refractivity contribution in [3.8, 4) is 0 Å². The molecule has 0 saturated carbocycles. The Labute approximate surface area is 116 Å². The van der Waals surface area contributed by atoms with Crippen molar-refractivity contribution in [3.63, 3.8) is 0 Å². The molecule has 0 bridgehead atoms. The minimum absolute atomic E-state index is 0.315. The van der Waals surface area contributed by atoms with Crippen LogP contribution in [0, 0.1) is 0 Å². The third-order valence-corrected chi connectivity index (χ3v) is 3.13. The first-order valence-electron chi connectivity index (χ1n) is 5.59. The molecule has 0 atom stereocenters. The largest absolute Gasteiger partial charge is 0.462 e. The standard InChI is InChI=1S/C12H17ClN2O2S/c1-3-17-12(16)9-6-8(14)7-10(13)11(9)15-4-5-18-2/h6-7,15H,3-5,14H2,1-2H3. The molecule has 4 nitrogen and oxygen atoms in total. The SMILES string of the molecule is CCOC(=O)c1cc(N)cc(Cl)c1NCCSC. The molecule has 18 heavy (non-hydrogen) atoms. The van der Waals surface area contributed by atoms with Crippen LogP contribution >= 0.6 is 23.4 Å². The number of nitrogen functional groups attached to an aromatic ring is 1. The summed E-state index contributed by atoms with van der Waals surface area (Å²) in [4.78, 5) is 11.8. The summed E-state index contributed by atoms with van der Waals surface area (Å²) in [7, 11) is 0. The van der Waals surface area contributed by atoms with Crippen LogP contribution in [0.25, 0.3) is 0 Å². The molecule has 3 N–H and O–H groups in total. The quantitative estimate of drug-likeness (QED) is 0.479. The highest BCUT2D eigenvalue weighted by atomic mass is 35.5. The van der Waals surface area contributed by atoms with Gasteiger partial charge in [0.2, 0.25) is 0 Å². The lowest BCUT2D eigenvalue weighted by Crippen LogP contribution is -2.12. The summed E-state index contributed by atoms with van der Waals surface area (Å²) < 4.78 is 4.99. The van der Waals surface area contributed by atoms with Crippen LogP contribution in [-0.2, 0) is 4.74 Å². The minimum Gasteiger partial charge on any atom is -0.462 e. The zero-order valence-corrected chi connectivity index (χ0v) is 12.0. The summed E-state index contributed by atoms with van der Waals surface area (Å²) in [5, 5.41) is 3.57. The lowest BCUT2D eigenvalue weighted by atomic mass is 10.1. The number of benzene rings is 1. The topological polar surface area (TPSA) is 64.3 Å². The molecule has 6 heteroatoms. The average molecular weight is 289 g/mol. The molecule has 0 aliphatic heterocycles. The van der Waals surface area contributed by atoms with Gasteiger partial charge < -0.3 is 15.8 Å². The number of nitrogens with one attached hydrogen (secondary N) is 1. The summed E-state index contributed by atoms with van der Waals surface area (Å²) in [6, 6.07) is 3.19. The zero-order valence-electron chi connectivity index (χ0n) is 10.5. The molecule has 0 amide bonds. The van der Waals surface area contributed by atoms with Crippen molar-refractivity contribution in [2.75, 3.05) is 36.2 Å². The normalized spacial score (nSPS) is 10.2. The molecule has 0 saturated heterocycles. The van der Waals surface area contributed by atoms with Crippen LogP contribution in [0.3, 0.4) is 0 Å². The van der Waals surface area contributed by atoms with Gasteiger partial charge in [0.25, 0.3) is 0 Å². The number of hydrogen-bond donors (Lipinski definition) is 2. The molecule has 0 aromatic heterocycles. The van der Waals surface area contributed by atoms with Gasteiger partial charge >= 0.3 is 5.97 Å². The fraction of sp³-hybridized carbons (Fsp3) is 0.417. The van der Waals surface area contributed by atoms with Gasteiger partial charge in [-0.2, -0.15) is 11.8 Å². The number of nitrogens with two attached hydrogens (primary N) is 1. The first-order valence-corrected chi connectivity index (χ1v) is 7.36. The van der Waals surface area contributed by atoms with Gasteiger partial charge in [-0.1, -0.05) is 11.6 Å². The van der Waals surface area contributed by atoms with E-state index < -0.39 is 5.97 Å². The number of halogens is 1. The molecule has 0 spiro atoms. The minimum atomic E-state index is -0.418. The third-order valence-electron chi connectivity index (χ3n) is 2.22. The van der Waals surface area contributed by atoms with Gasteiger partial charge in [-0.15, -0.1) is 0 Å². The molecule has 1 aromatic carbocycles. The number of carbonyl (C=O) groups is 1. The van der Waals surface area contributed by atoms with E-state index in [1.54, 1.807) is 30.8 Å². The van der Waals surface area contributed by atoms with E-state index in [-0.39, 0.29) is 0 Å². The van der Waals surface area contributed by atoms with Crippen molar-refractivity contribution in [1.29, 1.82) is 0 Å². The Hall–Kier alpha value is -1.07. The van der Waals surface area contributed by atoms with Crippen LogP contribution in [0.2, 0.25) is 5.02 Å². The fourth-order valence-electron chi connectivity index (χ4n) is 1.46. The smallest absolute Gasteiger partial charge is 0.340 e. The molecule has 1 rings (SSSR count). The first-order chi connectivity index (χ1) is 8.60. The van der Waals surface area contributed by atoms with Crippen molar-refractivity contribution in [1.82, 2.24) is 0 Å². The molecule has 0 radical (unpaired) electrons. The summed E-state index contributed by atoms with van der Waals surface area (Å²) in [6.45, 7) is 2.79. The van der Waals surface area contributed by atoms with E-state index in [2.05, 4.69) is 5.32 Å². The van der Waals surface area contributed by atoms with Gasteiger partial charge in [-0.05, 0) is 25.3 Å². The summed E-state index contributed by atoms with van der Waals surface area (Å²) in [5.74, 6) is 0.501. The van der Waals surface area contributed by atoms with E-state index in [1.807, 2.05) is 6.26 Å². The monoisotopic (exact) mass is 288 g/mol. The highest BCUT2D eigenvalue weighted by molar-refractivity contribution is 7.98. The van der Waals surface area contributed by atoms with E-state index in [0.29, 0.717) is 28.6 Å². The average Bonchev–Trinajstić information content (AvgIpc) is 2.31.